The third-order valence-corrected chi connectivity index (χ3v) is 6.13. The van der Waals surface area contributed by atoms with Crippen molar-refractivity contribution in [1.82, 2.24) is 9.80 Å². The number of hydrogen-bond donors (Lipinski definition) is 0. The fraction of sp³-hybridized carbons (Fsp3) is 0.571. The van der Waals surface area contributed by atoms with Gasteiger partial charge in [-0.3, -0.25) is 4.79 Å². The summed E-state index contributed by atoms with van der Waals surface area (Å²) in [5, 5.41) is 0. The number of ether oxygens (including phenoxy) is 1. The average Bonchev–Trinajstić information content (AvgIpc) is 3.15. The first kappa shape index (κ1) is 14.7. The van der Waals surface area contributed by atoms with Crippen LogP contribution < -0.4 is 0 Å². The van der Waals surface area contributed by atoms with E-state index in [1.807, 2.05) is 23.3 Å². The van der Waals surface area contributed by atoms with Gasteiger partial charge in [0.15, 0.2) is 0 Å². The molecule has 0 saturated carbocycles. The van der Waals surface area contributed by atoms with Crippen LogP contribution in [-0.2, 0) is 4.74 Å². The van der Waals surface area contributed by atoms with Crippen molar-refractivity contribution in [2.75, 3.05) is 32.5 Å². The zero-order valence-electron chi connectivity index (χ0n) is 11.9. The van der Waals surface area contributed by atoms with Crippen molar-refractivity contribution < 1.29 is 14.3 Å². The van der Waals surface area contributed by atoms with E-state index in [0.29, 0.717) is 26.2 Å². The van der Waals surface area contributed by atoms with Crippen molar-refractivity contribution >= 4 is 35.1 Å². The van der Waals surface area contributed by atoms with E-state index < -0.39 is 0 Å². The molecular weight excluding hydrogens is 308 g/mol. The van der Waals surface area contributed by atoms with Gasteiger partial charge in [-0.1, -0.05) is 0 Å². The maximum atomic E-state index is 12.4. The van der Waals surface area contributed by atoms with Gasteiger partial charge in [0.25, 0.3) is 5.91 Å². The maximum Gasteiger partial charge on any atom is 0.410 e. The molecule has 7 heteroatoms. The number of rotatable bonds is 3. The van der Waals surface area contributed by atoms with Crippen LogP contribution >= 0.6 is 23.1 Å². The van der Waals surface area contributed by atoms with E-state index >= 15 is 0 Å². The second kappa shape index (κ2) is 6.27. The molecule has 21 heavy (non-hydrogen) atoms. The highest BCUT2D eigenvalue weighted by molar-refractivity contribution is 8.00. The SMILES string of the molecule is CSc1ccc(C(=O)N2CCC(N3CCOC3=O)CC2)s1. The normalized spacial score (nSPS) is 20.0. The minimum Gasteiger partial charge on any atom is -0.448 e. The van der Waals surface area contributed by atoms with E-state index in [9.17, 15) is 9.59 Å². The molecule has 0 radical (unpaired) electrons. The Labute approximate surface area is 132 Å². The lowest BCUT2D eigenvalue weighted by molar-refractivity contribution is 0.0663. The first-order valence-corrected chi connectivity index (χ1v) is 9.09. The summed E-state index contributed by atoms with van der Waals surface area (Å²) in [6.45, 7) is 2.59. The molecule has 3 heterocycles. The molecule has 2 fully saturated rings. The highest BCUT2D eigenvalue weighted by atomic mass is 32.2. The molecule has 3 rings (SSSR count). The van der Waals surface area contributed by atoms with Crippen LogP contribution in [0.3, 0.4) is 0 Å². The van der Waals surface area contributed by atoms with Gasteiger partial charge in [0, 0.05) is 19.1 Å². The molecule has 0 aromatic carbocycles. The Hall–Kier alpha value is -1.21. The van der Waals surface area contributed by atoms with E-state index in [2.05, 4.69) is 0 Å². The molecule has 2 aliphatic heterocycles. The molecule has 0 unspecified atom stereocenters. The van der Waals surface area contributed by atoms with Crippen LogP contribution in [0.25, 0.3) is 0 Å². The summed E-state index contributed by atoms with van der Waals surface area (Å²) in [7, 11) is 0. The number of cyclic esters (lactones) is 1. The quantitative estimate of drug-likeness (QED) is 0.801. The second-order valence-electron chi connectivity index (χ2n) is 5.15. The van der Waals surface area contributed by atoms with Gasteiger partial charge in [-0.05, 0) is 31.2 Å². The van der Waals surface area contributed by atoms with Crippen LogP contribution in [0.5, 0.6) is 0 Å². The van der Waals surface area contributed by atoms with Gasteiger partial charge in [0.2, 0.25) is 0 Å². The number of thiophene rings is 1. The van der Waals surface area contributed by atoms with Crippen molar-refractivity contribution in [3.63, 3.8) is 0 Å². The van der Waals surface area contributed by atoms with E-state index in [1.54, 1.807) is 28.0 Å². The molecule has 2 amide bonds. The molecule has 1 aromatic heterocycles. The van der Waals surface area contributed by atoms with Gasteiger partial charge in [-0.15, -0.1) is 23.1 Å². The average molecular weight is 326 g/mol. The van der Waals surface area contributed by atoms with E-state index in [4.69, 9.17) is 4.74 Å². The number of likely N-dealkylation sites (tertiary alicyclic amines) is 1. The summed E-state index contributed by atoms with van der Waals surface area (Å²) in [6, 6.07) is 4.12. The minimum atomic E-state index is -0.206. The Balaban J connectivity index is 1.57. The Kier molecular flexibility index (Phi) is 4.40. The lowest BCUT2D eigenvalue weighted by Crippen LogP contribution is -2.46. The first-order valence-electron chi connectivity index (χ1n) is 7.05. The fourth-order valence-corrected chi connectivity index (χ4v) is 4.33. The molecule has 5 nitrogen and oxygen atoms in total. The largest absolute Gasteiger partial charge is 0.448 e. The lowest BCUT2D eigenvalue weighted by atomic mass is 10.0. The molecule has 1 aromatic rings. The van der Waals surface area contributed by atoms with Gasteiger partial charge >= 0.3 is 6.09 Å². The smallest absolute Gasteiger partial charge is 0.410 e. The van der Waals surface area contributed by atoms with Crippen molar-refractivity contribution in [3.05, 3.63) is 17.0 Å². The molecule has 0 bridgehead atoms. The number of carbonyl (C=O) groups is 2. The molecular formula is C14H18N2O3S2. The molecule has 0 atom stereocenters. The molecule has 0 N–H and O–H groups in total. The van der Waals surface area contributed by atoms with E-state index in [1.165, 1.54) is 0 Å². The zero-order valence-corrected chi connectivity index (χ0v) is 13.5. The lowest BCUT2D eigenvalue weighted by Gasteiger charge is -2.35. The van der Waals surface area contributed by atoms with E-state index in [0.717, 1.165) is 21.9 Å². The van der Waals surface area contributed by atoms with Crippen LogP contribution in [-0.4, -0.2) is 60.3 Å². The van der Waals surface area contributed by atoms with Crippen molar-refractivity contribution in [2.45, 2.75) is 23.1 Å². The van der Waals surface area contributed by atoms with Crippen molar-refractivity contribution in [3.8, 4) is 0 Å². The van der Waals surface area contributed by atoms with Gasteiger partial charge in [-0.2, -0.15) is 0 Å². The van der Waals surface area contributed by atoms with Crippen LogP contribution in [0.4, 0.5) is 4.79 Å². The topological polar surface area (TPSA) is 49.9 Å². The number of thioether (sulfide) groups is 1. The predicted molar refractivity (Wildman–Crippen MR) is 83.1 cm³/mol. The third kappa shape index (κ3) is 3.03. The summed E-state index contributed by atoms with van der Waals surface area (Å²) in [5.41, 5.74) is 0. The maximum absolute atomic E-state index is 12.4. The Morgan fingerprint density at radius 3 is 2.67 bits per heavy atom. The molecule has 114 valence electrons. The van der Waals surface area contributed by atoms with Crippen LogP contribution in [0.15, 0.2) is 16.3 Å². The standard InChI is InChI=1S/C14H18N2O3S2/c1-20-12-3-2-11(21-12)13(17)15-6-4-10(5-7-15)16-8-9-19-14(16)18/h2-3,10H,4-9H2,1H3. The summed E-state index contributed by atoms with van der Waals surface area (Å²) in [5.74, 6) is 0.114. The summed E-state index contributed by atoms with van der Waals surface area (Å²) < 4.78 is 6.14. The number of piperidine rings is 1. The Bertz CT molecular complexity index is 538. The highest BCUT2D eigenvalue weighted by Gasteiger charge is 2.33. The van der Waals surface area contributed by atoms with Crippen LogP contribution in [0.1, 0.15) is 22.5 Å². The number of nitrogens with zero attached hydrogens (tertiary/aromatic N) is 2. The van der Waals surface area contributed by atoms with Gasteiger partial charge in [0.1, 0.15) is 6.61 Å². The Morgan fingerprint density at radius 1 is 1.33 bits per heavy atom. The fourth-order valence-electron chi connectivity index (χ4n) is 2.82. The van der Waals surface area contributed by atoms with Gasteiger partial charge < -0.3 is 14.5 Å². The molecule has 0 aliphatic carbocycles. The highest BCUT2D eigenvalue weighted by Crippen LogP contribution is 2.27. The van der Waals surface area contributed by atoms with Crippen LogP contribution in [0.2, 0.25) is 0 Å². The molecule has 2 aliphatic rings. The number of carbonyl (C=O) groups excluding carboxylic acids is 2. The monoisotopic (exact) mass is 326 g/mol. The summed E-state index contributed by atoms with van der Waals surface area (Å²) in [6.07, 6.45) is 3.48. The second-order valence-corrected chi connectivity index (χ2v) is 7.34. The minimum absolute atomic E-state index is 0.114. The van der Waals surface area contributed by atoms with Crippen LogP contribution in [0, 0.1) is 0 Å². The molecule has 2 saturated heterocycles. The summed E-state index contributed by atoms with van der Waals surface area (Å²) >= 11 is 3.21. The number of hydrogen-bond acceptors (Lipinski definition) is 5. The predicted octanol–water partition coefficient (Wildman–Crippen LogP) is 2.53. The molecule has 0 spiro atoms. The van der Waals surface area contributed by atoms with Gasteiger partial charge in [-0.25, -0.2) is 4.79 Å². The van der Waals surface area contributed by atoms with Crippen molar-refractivity contribution in [1.29, 1.82) is 0 Å². The van der Waals surface area contributed by atoms with Gasteiger partial charge in [0.05, 0.1) is 15.6 Å². The first-order chi connectivity index (χ1) is 10.2. The zero-order chi connectivity index (χ0) is 14.8. The number of amides is 2. The third-order valence-electron chi connectivity index (χ3n) is 3.98. The van der Waals surface area contributed by atoms with E-state index in [-0.39, 0.29) is 18.0 Å². The Morgan fingerprint density at radius 2 is 2.10 bits per heavy atom. The van der Waals surface area contributed by atoms with Crippen molar-refractivity contribution in [2.24, 2.45) is 0 Å². The summed E-state index contributed by atoms with van der Waals surface area (Å²) in [4.78, 5) is 28.5.